The number of ether oxygens (including phenoxy) is 1. The van der Waals surface area contributed by atoms with Gasteiger partial charge in [0.1, 0.15) is 0 Å². The molecule has 1 heterocycles. The van der Waals surface area contributed by atoms with Crippen LogP contribution in [0.25, 0.3) is 0 Å². The third-order valence-electron chi connectivity index (χ3n) is 2.70. The van der Waals surface area contributed by atoms with Crippen LogP contribution in [0.3, 0.4) is 0 Å². The van der Waals surface area contributed by atoms with Gasteiger partial charge < -0.3 is 10.1 Å². The summed E-state index contributed by atoms with van der Waals surface area (Å²) in [7, 11) is 1.76. The fourth-order valence-corrected chi connectivity index (χ4v) is 2.63. The Kier molecular flexibility index (Phi) is 6.69. The molecule has 1 aromatic rings. The van der Waals surface area contributed by atoms with Crippen LogP contribution in [-0.2, 0) is 4.74 Å². The van der Waals surface area contributed by atoms with E-state index in [1.165, 1.54) is 17.7 Å². The summed E-state index contributed by atoms with van der Waals surface area (Å²) in [6.45, 7) is 5.30. The van der Waals surface area contributed by atoms with E-state index in [9.17, 15) is 0 Å². The highest BCUT2D eigenvalue weighted by Gasteiger charge is 2.13. The fourth-order valence-electron chi connectivity index (χ4n) is 1.81. The summed E-state index contributed by atoms with van der Waals surface area (Å²) in [5, 5.41) is 5.84. The fraction of sp³-hybridized carbons (Fsp3) is 0.692. The Morgan fingerprint density at radius 2 is 2.25 bits per heavy atom. The van der Waals surface area contributed by atoms with Crippen molar-refractivity contribution in [3.05, 3.63) is 22.4 Å². The van der Waals surface area contributed by atoms with E-state index in [4.69, 9.17) is 4.74 Å². The molecular formula is C13H23NOS. The predicted molar refractivity (Wildman–Crippen MR) is 71.1 cm³/mol. The first-order chi connectivity index (χ1) is 7.77. The molecule has 1 aromatic heterocycles. The Morgan fingerprint density at radius 1 is 1.44 bits per heavy atom. The van der Waals surface area contributed by atoms with Crippen LogP contribution in [-0.4, -0.2) is 19.8 Å². The summed E-state index contributed by atoms with van der Waals surface area (Å²) in [5.74, 6) is 0. The average molecular weight is 241 g/mol. The van der Waals surface area contributed by atoms with E-state index in [-0.39, 0.29) is 0 Å². The molecular weight excluding hydrogens is 218 g/mol. The van der Waals surface area contributed by atoms with Gasteiger partial charge in [0.15, 0.2) is 0 Å². The minimum Gasteiger partial charge on any atom is -0.385 e. The van der Waals surface area contributed by atoms with Gasteiger partial charge in [-0.1, -0.05) is 19.4 Å². The number of rotatable bonds is 8. The van der Waals surface area contributed by atoms with Crippen molar-refractivity contribution in [2.75, 3.05) is 13.7 Å². The number of hydrogen-bond acceptors (Lipinski definition) is 3. The molecule has 1 rings (SSSR count). The number of hydrogen-bond donors (Lipinski definition) is 1. The van der Waals surface area contributed by atoms with Gasteiger partial charge in [-0.3, -0.25) is 0 Å². The Bertz CT molecular complexity index is 261. The quantitative estimate of drug-likeness (QED) is 0.751. The molecule has 0 aromatic carbocycles. The highest BCUT2D eigenvalue weighted by molar-refractivity contribution is 7.10. The molecule has 0 aliphatic rings. The van der Waals surface area contributed by atoms with Crippen molar-refractivity contribution < 1.29 is 4.74 Å². The number of methoxy groups -OCH3 is 1. The minimum atomic E-state index is 0.511. The Morgan fingerprint density at radius 3 is 2.81 bits per heavy atom. The van der Waals surface area contributed by atoms with Crippen molar-refractivity contribution in [1.82, 2.24) is 5.32 Å². The smallest absolute Gasteiger partial charge is 0.0476 e. The first-order valence-corrected chi connectivity index (χ1v) is 6.94. The molecule has 2 unspecified atom stereocenters. The Labute approximate surface area is 103 Å². The summed E-state index contributed by atoms with van der Waals surface area (Å²) in [5.41, 5.74) is 0. The molecule has 0 saturated heterocycles. The van der Waals surface area contributed by atoms with E-state index in [1.54, 1.807) is 7.11 Å². The molecule has 0 fully saturated rings. The SMILES string of the molecule is CCCC(NC(C)CCOC)c1cccs1. The maximum atomic E-state index is 5.11. The average Bonchev–Trinajstić information content (AvgIpc) is 2.79. The summed E-state index contributed by atoms with van der Waals surface area (Å²) in [6.07, 6.45) is 3.49. The third-order valence-corrected chi connectivity index (χ3v) is 3.69. The van der Waals surface area contributed by atoms with Crippen LogP contribution in [0.4, 0.5) is 0 Å². The van der Waals surface area contributed by atoms with Gasteiger partial charge in [-0.05, 0) is 31.2 Å². The van der Waals surface area contributed by atoms with Crippen LogP contribution in [0.1, 0.15) is 44.0 Å². The van der Waals surface area contributed by atoms with Crippen molar-refractivity contribution >= 4 is 11.3 Å². The van der Waals surface area contributed by atoms with Crippen LogP contribution in [0, 0.1) is 0 Å². The molecule has 3 heteroatoms. The van der Waals surface area contributed by atoms with Crippen LogP contribution >= 0.6 is 11.3 Å². The predicted octanol–water partition coefficient (Wildman–Crippen LogP) is 3.60. The molecule has 1 N–H and O–H groups in total. The Hall–Kier alpha value is -0.380. The van der Waals surface area contributed by atoms with Crippen molar-refractivity contribution in [2.45, 2.75) is 45.2 Å². The normalized spacial score (nSPS) is 14.9. The summed E-state index contributed by atoms with van der Waals surface area (Å²) >= 11 is 1.84. The van der Waals surface area contributed by atoms with Crippen molar-refractivity contribution in [3.8, 4) is 0 Å². The van der Waals surface area contributed by atoms with Gasteiger partial charge >= 0.3 is 0 Å². The zero-order valence-corrected chi connectivity index (χ0v) is 11.3. The van der Waals surface area contributed by atoms with Gasteiger partial charge in [0.2, 0.25) is 0 Å². The molecule has 0 aliphatic carbocycles. The van der Waals surface area contributed by atoms with Gasteiger partial charge in [0, 0.05) is 30.7 Å². The second-order valence-corrected chi connectivity index (χ2v) is 5.19. The maximum Gasteiger partial charge on any atom is 0.0476 e. The van der Waals surface area contributed by atoms with Crippen LogP contribution in [0.2, 0.25) is 0 Å². The zero-order valence-electron chi connectivity index (χ0n) is 10.5. The monoisotopic (exact) mass is 241 g/mol. The maximum absolute atomic E-state index is 5.11. The van der Waals surface area contributed by atoms with Gasteiger partial charge in [-0.2, -0.15) is 0 Å². The van der Waals surface area contributed by atoms with Crippen LogP contribution in [0.15, 0.2) is 17.5 Å². The van der Waals surface area contributed by atoms with Gasteiger partial charge in [-0.15, -0.1) is 11.3 Å². The standard InChI is InChI=1S/C13H23NOS/c1-4-6-12(13-7-5-10-16-13)14-11(2)8-9-15-3/h5,7,10-12,14H,4,6,8-9H2,1-3H3. The topological polar surface area (TPSA) is 21.3 Å². The molecule has 0 amide bonds. The number of nitrogens with one attached hydrogen (secondary N) is 1. The molecule has 92 valence electrons. The summed E-state index contributed by atoms with van der Waals surface area (Å²) < 4.78 is 5.11. The van der Waals surface area contributed by atoms with E-state index >= 15 is 0 Å². The van der Waals surface area contributed by atoms with Crippen molar-refractivity contribution in [1.29, 1.82) is 0 Å². The lowest BCUT2D eigenvalue weighted by Gasteiger charge is -2.22. The Balaban J connectivity index is 2.45. The second kappa shape index (κ2) is 7.82. The highest BCUT2D eigenvalue weighted by atomic mass is 32.1. The summed E-state index contributed by atoms with van der Waals surface area (Å²) in [4.78, 5) is 1.45. The zero-order chi connectivity index (χ0) is 11.8. The van der Waals surface area contributed by atoms with E-state index < -0.39 is 0 Å². The van der Waals surface area contributed by atoms with E-state index in [0.29, 0.717) is 12.1 Å². The summed E-state index contributed by atoms with van der Waals surface area (Å²) in [6, 6.07) is 5.38. The van der Waals surface area contributed by atoms with Crippen molar-refractivity contribution in [2.24, 2.45) is 0 Å². The molecule has 0 bridgehead atoms. The van der Waals surface area contributed by atoms with Crippen molar-refractivity contribution in [3.63, 3.8) is 0 Å². The molecule has 0 saturated carbocycles. The molecule has 2 nitrogen and oxygen atoms in total. The molecule has 0 aliphatic heterocycles. The lowest BCUT2D eigenvalue weighted by molar-refractivity contribution is 0.182. The minimum absolute atomic E-state index is 0.511. The first-order valence-electron chi connectivity index (χ1n) is 6.06. The number of thiophene rings is 1. The van der Waals surface area contributed by atoms with Gasteiger partial charge in [0.05, 0.1) is 0 Å². The first kappa shape index (κ1) is 13.7. The molecule has 0 radical (unpaired) electrons. The highest BCUT2D eigenvalue weighted by Crippen LogP contribution is 2.23. The van der Waals surface area contributed by atoms with E-state index in [2.05, 4.69) is 36.7 Å². The molecule has 0 spiro atoms. The van der Waals surface area contributed by atoms with E-state index in [1.807, 2.05) is 11.3 Å². The molecule has 16 heavy (non-hydrogen) atoms. The van der Waals surface area contributed by atoms with Crippen LogP contribution < -0.4 is 5.32 Å². The van der Waals surface area contributed by atoms with Crippen LogP contribution in [0.5, 0.6) is 0 Å². The van der Waals surface area contributed by atoms with E-state index in [0.717, 1.165) is 13.0 Å². The largest absolute Gasteiger partial charge is 0.385 e. The molecule has 2 atom stereocenters. The van der Waals surface area contributed by atoms with Gasteiger partial charge in [0.25, 0.3) is 0 Å². The van der Waals surface area contributed by atoms with Gasteiger partial charge in [-0.25, -0.2) is 0 Å². The lowest BCUT2D eigenvalue weighted by atomic mass is 10.1. The third kappa shape index (κ3) is 4.64. The second-order valence-electron chi connectivity index (χ2n) is 4.21. The lowest BCUT2D eigenvalue weighted by Crippen LogP contribution is -2.31.